The van der Waals surface area contributed by atoms with Crippen molar-refractivity contribution in [3.05, 3.63) is 39.9 Å². The Morgan fingerprint density at radius 1 is 1.57 bits per heavy atom. The SMILES string of the molecule is C[C@@H](N)CCc1cccc([N+](=O)[O-])c1. The second-order valence-electron chi connectivity index (χ2n) is 3.44. The van der Waals surface area contributed by atoms with Gasteiger partial charge in [0.05, 0.1) is 4.92 Å². The number of benzene rings is 1. The molecule has 4 nitrogen and oxygen atoms in total. The van der Waals surface area contributed by atoms with Gasteiger partial charge in [0.25, 0.3) is 5.69 Å². The van der Waals surface area contributed by atoms with Crippen molar-refractivity contribution in [2.45, 2.75) is 25.8 Å². The molecule has 0 aliphatic heterocycles. The first-order chi connectivity index (χ1) is 6.59. The minimum absolute atomic E-state index is 0.134. The summed E-state index contributed by atoms with van der Waals surface area (Å²) in [6, 6.07) is 6.82. The summed E-state index contributed by atoms with van der Waals surface area (Å²) in [5.41, 5.74) is 6.72. The van der Waals surface area contributed by atoms with Crippen molar-refractivity contribution in [1.82, 2.24) is 0 Å². The van der Waals surface area contributed by atoms with Gasteiger partial charge in [0.2, 0.25) is 0 Å². The Bertz CT molecular complexity index is 324. The van der Waals surface area contributed by atoms with Crippen LogP contribution in [0.25, 0.3) is 0 Å². The van der Waals surface area contributed by atoms with Gasteiger partial charge in [0.15, 0.2) is 0 Å². The molecule has 76 valence electrons. The highest BCUT2D eigenvalue weighted by molar-refractivity contribution is 5.34. The third-order valence-corrected chi connectivity index (χ3v) is 2.01. The van der Waals surface area contributed by atoms with E-state index in [4.69, 9.17) is 5.73 Å². The van der Waals surface area contributed by atoms with Gasteiger partial charge < -0.3 is 5.73 Å². The third-order valence-electron chi connectivity index (χ3n) is 2.01. The molecule has 0 aromatic heterocycles. The van der Waals surface area contributed by atoms with E-state index in [1.807, 2.05) is 13.0 Å². The highest BCUT2D eigenvalue weighted by Gasteiger charge is 2.05. The number of rotatable bonds is 4. The molecule has 0 aliphatic carbocycles. The van der Waals surface area contributed by atoms with Crippen LogP contribution in [0.3, 0.4) is 0 Å². The van der Waals surface area contributed by atoms with E-state index in [9.17, 15) is 10.1 Å². The monoisotopic (exact) mass is 194 g/mol. The van der Waals surface area contributed by atoms with Gasteiger partial charge in [-0.3, -0.25) is 10.1 Å². The number of hydrogen-bond donors (Lipinski definition) is 1. The maximum absolute atomic E-state index is 10.5. The Balaban J connectivity index is 2.69. The molecule has 0 bridgehead atoms. The van der Waals surface area contributed by atoms with Crippen molar-refractivity contribution in [1.29, 1.82) is 0 Å². The Kier molecular flexibility index (Phi) is 3.59. The summed E-state index contributed by atoms with van der Waals surface area (Å²) in [5, 5.41) is 10.5. The fourth-order valence-electron chi connectivity index (χ4n) is 1.22. The summed E-state index contributed by atoms with van der Waals surface area (Å²) in [6.07, 6.45) is 1.64. The lowest BCUT2D eigenvalue weighted by Crippen LogP contribution is -2.15. The summed E-state index contributed by atoms with van der Waals surface area (Å²) in [6.45, 7) is 1.93. The number of nitrogens with two attached hydrogens (primary N) is 1. The zero-order valence-electron chi connectivity index (χ0n) is 8.14. The highest BCUT2D eigenvalue weighted by Crippen LogP contribution is 2.14. The smallest absolute Gasteiger partial charge is 0.269 e. The van der Waals surface area contributed by atoms with Crippen LogP contribution in [-0.2, 0) is 6.42 Å². The molecule has 0 radical (unpaired) electrons. The molecule has 0 fully saturated rings. The quantitative estimate of drug-likeness (QED) is 0.587. The molecule has 1 aromatic carbocycles. The molecule has 2 N–H and O–H groups in total. The van der Waals surface area contributed by atoms with Crippen LogP contribution in [0, 0.1) is 10.1 Å². The second-order valence-corrected chi connectivity index (χ2v) is 3.44. The number of hydrogen-bond acceptors (Lipinski definition) is 3. The van der Waals surface area contributed by atoms with E-state index < -0.39 is 0 Å². The number of nitro benzene ring substituents is 1. The molecule has 1 atom stereocenters. The Labute approximate surface area is 82.9 Å². The fraction of sp³-hybridized carbons (Fsp3) is 0.400. The minimum Gasteiger partial charge on any atom is -0.328 e. The summed E-state index contributed by atoms with van der Waals surface area (Å²) in [5.74, 6) is 0. The predicted octanol–water partition coefficient (Wildman–Crippen LogP) is 1.87. The molecule has 0 spiro atoms. The van der Waals surface area contributed by atoms with Gasteiger partial charge in [-0.2, -0.15) is 0 Å². The Morgan fingerprint density at radius 3 is 2.86 bits per heavy atom. The second kappa shape index (κ2) is 4.72. The third kappa shape index (κ3) is 3.14. The molecule has 0 heterocycles. The molecule has 0 unspecified atom stereocenters. The summed E-state index contributed by atoms with van der Waals surface area (Å²) < 4.78 is 0. The van der Waals surface area contributed by atoms with Gasteiger partial charge in [-0.05, 0) is 25.3 Å². The molecule has 14 heavy (non-hydrogen) atoms. The van der Waals surface area contributed by atoms with Crippen molar-refractivity contribution < 1.29 is 4.92 Å². The first-order valence-electron chi connectivity index (χ1n) is 4.58. The van der Waals surface area contributed by atoms with Crippen LogP contribution >= 0.6 is 0 Å². The van der Waals surface area contributed by atoms with Gasteiger partial charge in [0.1, 0.15) is 0 Å². The molecule has 0 saturated heterocycles. The van der Waals surface area contributed by atoms with E-state index in [1.165, 1.54) is 6.07 Å². The highest BCUT2D eigenvalue weighted by atomic mass is 16.6. The lowest BCUT2D eigenvalue weighted by molar-refractivity contribution is -0.384. The standard InChI is InChI=1S/C10H14N2O2/c1-8(11)5-6-9-3-2-4-10(7-9)12(13)14/h2-4,7-8H,5-6,11H2,1H3/t8-/m1/s1. The summed E-state index contributed by atoms with van der Waals surface area (Å²) >= 11 is 0. The largest absolute Gasteiger partial charge is 0.328 e. The van der Waals surface area contributed by atoms with Crippen molar-refractivity contribution in [2.75, 3.05) is 0 Å². The van der Waals surface area contributed by atoms with Crippen LogP contribution in [0.4, 0.5) is 5.69 Å². The molecule has 1 aromatic rings. The summed E-state index contributed by atoms with van der Waals surface area (Å²) in [4.78, 5) is 10.1. The number of aryl methyl sites for hydroxylation is 1. The average Bonchev–Trinajstić information content (AvgIpc) is 2.15. The van der Waals surface area contributed by atoms with Crippen LogP contribution in [-0.4, -0.2) is 11.0 Å². The van der Waals surface area contributed by atoms with Crippen molar-refractivity contribution in [2.24, 2.45) is 5.73 Å². The topological polar surface area (TPSA) is 69.2 Å². The van der Waals surface area contributed by atoms with Gasteiger partial charge in [-0.15, -0.1) is 0 Å². The number of nitro groups is 1. The van der Waals surface area contributed by atoms with Crippen LogP contribution in [0.2, 0.25) is 0 Å². The van der Waals surface area contributed by atoms with E-state index in [-0.39, 0.29) is 16.7 Å². The minimum atomic E-state index is -0.380. The van der Waals surface area contributed by atoms with Gasteiger partial charge in [-0.1, -0.05) is 12.1 Å². The van der Waals surface area contributed by atoms with E-state index >= 15 is 0 Å². The molecule has 0 saturated carbocycles. The maximum Gasteiger partial charge on any atom is 0.269 e. The van der Waals surface area contributed by atoms with Crippen LogP contribution < -0.4 is 5.73 Å². The van der Waals surface area contributed by atoms with E-state index in [0.717, 1.165) is 18.4 Å². The molecule has 0 amide bonds. The maximum atomic E-state index is 10.5. The van der Waals surface area contributed by atoms with Crippen molar-refractivity contribution in [3.63, 3.8) is 0 Å². The number of nitrogens with zero attached hydrogens (tertiary/aromatic N) is 1. The van der Waals surface area contributed by atoms with E-state index in [2.05, 4.69) is 0 Å². The number of non-ortho nitro benzene ring substituents is 1. The predicted molar refractivity (Wildman–Crippen MR) is 55.1 cm³/mol. The zero-order valence-corrected chi connectivity index (χ0v) is 8.14. The first-order valence-corrected chi connectivity index (χ1v) is 4.58. The van der Waals surface area contributed by atoms with Crippen molar-refractivity contribution >= 4 is 5.69 Å². The van der Waals surface area contributed by atoms with Crippen LogP contribution in [0.15, 0.2) is 24.3 Å². The Morgan fingerprint density at radius 2 is 2.29 bits per heavy atom. The molecule has 1 rings (SSSR count). The molecule has 4 heteroatoms. The Hall–Kier alpha value is -1.42. The lowest BCUT2D eigenvalue weighted by Gasteiger charge is -2.04. The normalized spacial score (nSPS) is 12.4. The molecular formula is C10H14N2O2. The zero-order chi connectivity index (χ0) is 10.6. The van der Waals surface area contributed by atoms with Crippen molar-refractivity contribution in [3.8, 4) is 0 Å². The van der Waals surface area contributed by atoms with Gasteiger partial charge >= 0.3 is 0 Å². The summed E-state index contributed by atoms with van der Waals surface area (Å²) in [7, 11) is 0. The van der Waals surface area contributed by atoms with Gasteiger partial charge in [-0.25, -0.2) is 0 Å². The van der Waals surface area contributed by atoms with E-state index in [0.29, 0.717) is 0 Å². The van der Waals surface area contributed by atoms with Gasteiger partial charge in [0, 0.05) is 18.2 Å². The molecular weight excluding hydrogens is 180 g/mol. The van der Waals surface area contributed by atoms with Crippen LogP contribution in [0.5, 0.6) is 0 Å². The lowest BCUT2D eigenvalue weighted by atomic mass is 10.1. The van der Waals surface area contributed by atoms with Crippen LogP contribution in [0.1, 0.15) is 18.9 Å². The average molecular weight is 194 g/mol. The van der Waals surface area contributed by atoms with E-state index in [1.54, 1.807) is 12.1 Å². The molecule has 0 aliphatic rings. The first kappa shape index (κ1) is 10.7. The fourth-order valence-corrected chi connectivity index (χ4v) is 1.22.